The SMILES string of the molecule is Cl.O=c1ccnc2cc[nH]n12. The van der Waals surface area contributed by atoms with Gasteiger partial charge in [-0.15, -0.1) is 12.4 Å². The summed E-state index contributed by atoms with van der Waals surface area (Å²) in [5, 5.41) is 2.73. The van der Waals surface area contributed by atoms with Crippen LogP contribution in [-0.2, 0) is 0 Å². The van der Waals surface area contributed by atoms with E-state index in [4.69, 9.17) is 0 Å². The summed E-state index contributed by atoms with van der Waals surface area (Å²) >= 11 is 0. The molecule has 5 heteroatoms. The molecule has 2 aromatic heterocycles. The van der Waals surface area contributed by atoms with Crippen LogP contribution in [0.25, 0.3) is 5.65 Å². The number of nitrogens with zero attached hydrogens (tertiary/aromatic N) is 2. The van der Waals surface area contributed by atoms with Gasteiger partial charge in [-0.1, -0.05) is 0 Å². The maximum atomic E-state index is 10.9. The third-order valence-electron chi connectivity index (χ3n) is 1.31. The van der Waals surface area contributed by atoms with Crippen LogP contribution in [0.4, 0.5) is 0 Å². The van der Waals surface area contributed by atoms with Crippen LogP contribution in [0.5, 0.6) is 0 Å². The van der Waals surface area contributed by atoms with Gasteiger partial charge in [0.25, 0.3) is 5.56 Å². The Kier molecular flexibility index (Phi) is 1.96. The predicted molar refractivity (Wildman–Crippen MR) is 43.1 cm³/mol. The summed E-state index contributed by atoms with van der Waals surface area (Å²) in [7, 11) is 0. The average Bonchev–Trinajstić information content (AvgIpc) is 2.36. The molecule has 0 saturated carbocycles. The van der Waals surface area contributed by atoms with Crippen LogP contribution in [0.15, 0.2) is 29.3 Å². The van der Waals surface area contributed by atoms with Crippen LogP contribution in [-0.4, -0.2) is 14.6 Å². The highest BCUT2D eigenvalue weighted by molar-refractivity contribution is 5.85. The Morgan fingerprint density at radius 2 is 2.27 bits per heavy atom. The minimum atomic E-state index is -0.0880. The molecule has 0 bridgehead atoms. The summed E-state index contributed by atoms with van der Waals surface area (Å²) in [6, 6.07) is 3.14. The quantitative estimate of drug-likeness (QED) is 0.626. The Bertz CT molecular complexity index is 405. The molecule has 2 aromatic rings. The molecule has 1 N–H and O–H groups in total. The summed E-state index contributed by atoms with van der Waals surface area (Å²) in [5.74, 6) is 0. The molecular weight excluding hydrogens is 166 g/mol. The van der Waals surface area contributed by atoms with Crippen molar-refractivity contribution in [2.45, 2.75) is 0 Å². The van der Waals surface area contributed by atoms with Gasteiger partial charge in [0.15, 0.2) is 5.65 Å². The maximum absolute atomic E-state index is 10.9. The number of rotatable bonds is 0. The largest absolute Gasteiger partial charge is 0.297 e. The molecule has 4 nitrogen and oxygen atoms in total. The number of halogens is 1. The van der Waals surface area contributed by atoms with Gasteiger partial charge in [-0.3, -0.25) is 9.89 Å². The molecule has 0 unspecified atom stereocenters. The van der Waals surface area contributed by atoms with Crippen molar-refractivity contribution < 1.29 is 0 Å². The molecule has 58 valence electrons. The van der Waals surface area contributed by atoms with E-state index in [1.807, 2.05) is 0 Å². The third kappa shape index (κ3) is 1.12. The Balaban J connectivity index is 0.000000605. The lowest BCUT2D eigenvalue weighted by Crippen LogP contribution is -2.11. The molecule has 0 aliphatic carbocycles. The molecule has 0 aliphatic heterocycles. The zero-order chi connectivity index (χ0) is 6.97. The van der Waals surface area contributed by atoms with Gasteiger partial charge in [-0.05, 0) is 0 Å². The van der Waals surface area contributed by atoms with Gasteiger partial charge in [0, 0.05) is 24.5 Å². The summed E-state index contributed by atoms with van der Waals surface area (Å²) in [6.45, 7) is 0. The summed E-state index contributed by atoms with van der Waals surface area (Å²) in [6.07, 6.45) is 3.16. The molecule has 0 aromatic carbocycles. The lowest BCUT2D eigenvalue weighted by atomic mass is 10.6. The van der Waals surface area contributed by atoms with Crippen molar-refractivity contribution in [1.29, 1.82) is 0 Å². The van der Waals surface area contributed by atoms with Gasteiger partial charge in [0.1, 0.15) is 0 Å². The molecule has 0 saturated heterocycles. The molecule has 0 fully saturated rings. The van der Waals surface area contributed by atoms with E-state index in [1.54, 1.807) is 12.3 Å². The molecule has 0 atom stereocenters. The van der Waals surface area contributed by atoms with Crippen molar-refractivity contribution in [1.82, 2.24) is 14.6 Å². The van der Waals surface area contributed by atoms with E-state index in [0.717, 1.165) is 0 Å². The Morgan fingerprint density at radius 3 is 3.00 bits per heavy atom. The average molecular weight is 172 g/mol. The number of nitrogens with one attached hydrogen (secondary N) is 1. The number of aromatic nitrogens is 3. The highest BCUT2D eigenvalue weighted by Crippen LogP contribution is 1.89. The molecule has 0 aliphatic rings. The number of aromatic amines is 1. The van der Waals surface area contributed by atoms with E-state index in [0.29, 0.717) is 5.65 Å². The first kappa shape index (κ1) is 7.81. The topological polar surface area (TPSA) is 50.2 Å². The maximum Gasteiger partial charge on any atom is 0.272 e. The Morgan fingerprint density at radius 1 is 1.45 bits per heavy atom. The zero-order valence-electron chi connectivity index (χ0n) is 5.52. The number of hydrogen-bond donors (Lipinski definition) is 1. The van der Waals surface area contributed by atoms with E-state index >= 15 is 0 Å². The summed E-state index contributed by atoms with van der Waals surface area (Å²) in [5.41, 5.74) is 0.558. The number of hydrogen-bond acceptors (Lipinski definition) is 2. The predicted octanol–water partition coefficient (Wildman–Crippen LogP) is 0.444. The van der Waals surface area contributed by atoms with Gasteiger partial charge in [-0.25, -0.2) is 9.50 Å². The fourth-order valence-electron chi connectivity index (χ4n) is 0.856. The van der Waals surface area contributed by atoms with Crippen LogP contribution < -0.4 is 5.56 Å². The third-order valence-corrected chi connectivity index (χ3v) is 1.31. The molecule has 0 spiro atoms. The molecule has 0 radical (unpaired) electrons. The fourth-order valence-corrected chi connectivity index (χ4v) is 0.856. The van der Waals surface area contributed by atoms with Crippen LogP contribution in [0, 0.1) is 0 Å². The molecule has 11 heavy (non-hydrogen) atoms. The Hall–Kier alpha value is -1.29. The van der Waals surface area contributed by atoms with Gasteiger partial charge >= 0.3 is 0 Å². The van der Waals surface area contributed by atoms with E-state index in [-0.39, 0.29) is 18.0 Å². The van der Waals surface area contributed by atoms with Gasteiger partial charge in [-0.2, -0.15) is 0 Å². The van der Waals surface area contributed by atoms with Crippen molar-refractivity contribution in [3.63, 3.8) is 0 Å². The first-order chi connectivity index (χ1) is 4.88. The van der Waals surface area contributed by atoms with E-state index in [2.05, 4.69) is 10.1 Å². The van der Waals surface area contributed by atoms with Crippen molar-refractivity contribution in [3.05, 3.63) is 34.9 Å². The van der Waals surface area contributed by atoms with Gasteiger partial charge in [0.2, 0.25) is 0 Å². The smallest absolute Gasteiger partial charge is 0.272 e. The van der Waals surface area contributed by atoms with Crippen LogP contribution in [0.3, 0.4) is 0 Å². The first-order valence-electron chi connectivity index (χ1n) is 2.89. The van der Waals surface area contributed by atoms with E-state index < -0.39 is 0 Å². The van der Waals surface area contributed by atoms with Crippen LogP contribution in [0.1, 0.15) is 0 Å². The number of fused-ring (bicyclic) bond motifs is 1. The molecule has 2 rings (SSSR count). The molecule has 0 amide bonds. The molecular formula is C6H6ClN3O. The second kappa shape index (κ2) is 2.75. The minimum absolute atomic E-state index is 0. The second-order valence-electron chi connectivity index (χ2n) is 1.94. The first-order valence-corrected chi connectivity index (χ1v) is 2.89. The normalized spacial score (nSPS) is 9.45. The highest BCUT2D eigenvalue weighted by Gasteiger charge is 1.92. The van der Waals surface area contributed by atoms with Crippen LogP contribution >= 0.6 is 12.4 Å². The monoisotopic (exact) mass is 171 g/mol. The minimum Gasteiger partial charge on any atom is -0.297 e. The second-order valence-corrected chi connectivity index (χ2v) is 1.94. The van der Waals surface area contributed by atoms with Crippen molar-refractivity contribution >= 4 is 18.1 Å². The number of H-pyrrole nitrogens is 1. The van der Waals surface area contributed by atoms with E-state index in [1.165, 1.54) is 16.8 Å². The van der Waals surface area contributed by atoms with Crippen molar-refractivity contribution in [3.8, 4) is 0 Å². The molecule has 2 heterocycles. The lowest BCUT2D eigenvalue weighted by molar-refractivity contribution is 0.899. The van der Waals surface area contributed by atoms with E-state index in [9.17, 15) is 4.79 Å². The Labute approximate surface area is 68.3 Å². The highest BCUT2D eigenvalue weighted by atomic mass is 35.5. The van der Waals surface area contributed by atoms with Crippen molar-refractivity contribution in [2.24, 2.45) is 0 Å². The fraction of sp³-hybridized carbons (Fsp3) is 0. The van der Waals surface area contributed by atoms with Gasteiger partial charge in [0.05, 0.1) is 0 Å². The standard InChI is InChI=1S/C6H5N3O.ClH/c10-6-2-3-7-5-1-4-8-9(5)6;/h1-4,8H;1H. The summed E-state index contributed by atoms with van der Waals surface area (Å²) < 4.78 is 1.38. The van der Waals surface area contributed by atoms with Crippen molar-refractivity contribution in [2.75, 3.05) is 0 Å². The summed E-state index contributed by atoms with van der Waals surface area (Å²) in [4.78, 5) is 14.9. The van der Waals surface area contributed by atoms with Crippen LogP contribution in [0.2, 0.25) is 0 Å². The van der Waals surface area contributed by atoms with Gasteiger partial charge < -0.3 is 0 Å². The lowest BCUT2D eigenvalue weighted by Gasteiger charge is -1.86. The zero-order valence-corrected chi connectivity index (χ0v) is 6.34.